The lowest BCUT2D eigenvalue weighted by molar-refractivity contribution is 0.0600. The second-order valence-corrected chi connectivity index (χ2v) is 5.96. The average Bonchev–Trinajstić information content (AvgIpc) is 2.65. The van der Waals surface area contributed by atoms with Crippen LogP contribution in [-0.4, -0.2) is 42.5 Å². The van der Waals surface area contributed by atoms with Gasteiger partial charge in [-0.25, -0.2) is 14.8 Å². The maximum absolute atomic E-state index is 12.6. The molecule has 0 saturated heterocycles. The van der Waals surface area contributed by atoms with Gasteiger partial charge in [-0.2, -0.15) is 0 Å². The monoisotopic (exact) mass is 356 g/mol. The molecule has 26 heavy (non-hydrogen) atoms. The molecule has 0 aliphatic carbocycles. The van der Waals surface area contributed by atoms with Crippen LogP contribution < -0.4 is 10.2 Å². The molecule has 7 nitrogen and oxygen atoms in total. The van der Waals surface area contributed by atoms with Gasteiger partial charge in [0.25, 0.3) is 5.91 Å². The third-order valence-corrected chi connectivity index (χ3v) is 3.84. The minimum Gasteiger partial charge on any atom is -0.465 e. The Labute approximate surface area is 153 Å². The standard InChI is InChI=1S/C19H24N4O3/c1-5-6-10-23(3)17-12-16(20-13(2)21-17)18(24)22-15-9-7-8-14(11-15)19(25)26-4/h7-9,11-12H,5-6,10H2,1-4H3,(H,22,24). The Morgan fingerprint density at radius 2 is 2.00 bits per heavy atom. The number of nitrogens with zero attached hydrogens (tertiary/aromatic N) is 3. The highest BCUT2D eigenvalue weighted by Gasteiger charge is 2.14. The number of carbonyl (C=O) groups excluding carboxylic acids is 2. The molecule has 138 valence electrons. The van der Waals surface area contributed by atoms with Gasteiger partial charge in [0.05, 0.1) is 12.7 Å². The van der Waals surface area contributed by atoms with Gasteiger partial charge in [0.15, 0.2) is 0 Å². The maximum atomic E-state index is 12.6. The molecule has 2 aromatic rings. The number of anilines is 2. The van der Waals surface area contributed by atoms with Crippen molar-refractivity contribution in [2.75, 3.05) is 30.9 Å². The van der Waals surface area contributed by atoms with Crippen LogP contribution in [0.4, 0.5) is 11.5 Å². The van der Waals surface area contributed by atoms with Gasteiger partial charge in [0.2, 0.25) is 0 Å². The highest BCUT2D eigenvalue weighted by Crippen LogP contribution is 2.16. The van der Waals surface area contributed by atoms with Gasteiger partial charge in [-0.05, 0) is 31.5 Å². The van der Waals surface area contributed by atoms with Crippen molar-refractivity contribution in [1.29, 1.82) is 0 Å². The predicted molar refractivity (Wildman–Crippen MR) is 101 cm³/mol. The minimum atomic E-state index is -0.459. The van der Waals surface area contributed by atoms with E-state index >= 15 is 0 Å². The average molecular weight is 356 g/mol. The van der Waals surface area contributed by atoms with Crippen molar-refractivity contribution in [1.82, 2.24) is 9.97 Å². The normalized spacial score (nSPS) is 10.3. The van der Waals surface area contributed by atoms with Gasteiger partial charge < -0.3 is 15.0 Å². The van der Waals surface area contributed by atoms with Crippen LogP contribution in [0.1, 0.15) is 46.4 Å². The van der Waals surface area contributed by atoms with Crippen molar-refractivity contribution in [3.05, 3.63) is 47.4 Å². The molecule has 1 aromatic heterocycles. The van der Waals surface area contributed by atoms with Crippen LogP contribution in [0.3, 0.4) is 0 Å². The summed E-state index contributed by atoms with van der Waals surface area (Å²) in [4.78, 5) is 34.8. The molecule has 1 aromatic carbocycles. The number of nitrogens with one attached hydrogen (secondary N) is 1. The molecular weight excluding hydrogens is 332 g/mol. The number of aromatic nitrogens is 2. The number of rotatable bonds is 7. The van der Waals surface area contributed by atoms with Crippen molar-refractivity contribution < 1.29 is 14.3 Å². The van der Waals surface area contributed by atoms with Gasteiger partial charge in [0, 0.05) is 25.3 Å². The second-order valence-electron chi connectivity index (χ2n) is 5.96. The maximum Gasteiger partial charge on any atom is 0.337 e. The Kier molecular flexibility index (Phi) is 6.66. The molecular formula is C19H24N4O3. The summed E-state index contributed by atoms with van der Waals surface area (Å²) in [5.41, 5.74) is 1.14. The Balaban J connectivity index is 2.19. The largest absolute Gasteiger partial charge is 0.465 e. The number of aryl methyl sites for hydroxylation is 1. The molecule has 0 bridgehead atoms. The first-order valence-corrected chi connectivity index (χ1v) is 8.51. The summed E-state index contributed by atoms with van der Waals surface area (Å²) >= 11 is 0. The number of esters is 1. The molecule has 1 amide bonds. The van der Waals surface area contributed by atoms with E-state index in [0.717, 1.165) is 19.4 Å². The zero-order valence-corrected chi connectivity index (χ0v) is 15.6. The lowest BCUT2D eigenvalue weighted by Crippen LogP contribution is -2.22. The molecule has 2 rings (SSSR count). The van der Waals surface area contributed by atoms with Gasteiger partial charge >= 0.3 is 5.97 Å². The molecule has 0 spiro atoms. The van der Waals surface area contributed by atoms with Crippen molar-refractivity contribution >= 4 is 23.4 Å². The van der Waals surface area contributed by atoms with E-state index in [-0.39, 0.29) is 11.6 Å². The third kappa shape index (κ3) is 5.02. The number of hydrogen-bond acceptors (Lipinski definition) is 6. The number of hydrogen-bond donors (Lipinski definition) is 1. The molecule has 0 radical (unpaired) electrons. The van der Waals surface area contributed by atoms with Crippen LogP contribution in [0.5, 0.6) is 0 Å². The first kappa shape index (κ1) is 19.4. The molecule has 1 heterocycles. The minimum absolute atomic E-state index is 0.277. The molecule has 0 aliphatic rings. The second kappa shape index (κ2) is 8.94. The van der Waals surface area contributed by atoms with Crippen molar-refractivity contribution in [2.24, 2.45) is 0 Å². The van der Waals surface area contributed by atoms with E-state index in [1.54, 1.807) is 37.3 Å². The predicted octanol–water partition coefficient (Wildman–Crippen LogP) is 3.06. The van der Waals surface area contributed by atoms with Gasteiger partial charge in [-0.1, -0.05) is 19.4 Å². The lowest BCUT2D eigenvalue weighted by Gasteiger charge is -2.18. The van der Waals surface area contributed by atoms with Gasteiger partial charge in [0.1, 0.15) is 17.3 Å². The zero-order chi connectivity index (χ0) is 19.1. The molecule has 7 heteroatoms. The van der Waals surface area contributed by atoms with E-state index < -0.39 is 5.97 Å². The Hall–Kier alpha value is -2.96. The van der Waals surface area contributed by atoms with Gasteiger partial charge in [-0.15, -0.1) is 0 Å². The van der Waals surface area contributed by atoms with Crippen molar-refractivity contribution in [3.63, 3.8) is 0 Å². The highest BCUT2D eigenvalue weighted by atomic mass is 16.5. The summed E-state index contributed by atoms with van der Waals surface area (Å²) in [6.45, 7) is 4.74. The van der Waals surface area contributed by atoms with E-state index in [9.17, 15) is 9.59 Å². The quantitative estimate of drug-likeness (QED) is 0.768. The van der Waals surface area contributed by atoms with Crippen LogP contribution in [-0.2, 0) is 4.74 Å². The van der Waals surface area contributed by atoms with Crippen molar-refractivity contribution in [2.45, 2.75) is 26.7 Å². The van der Waals surface area contributed by atoms with Crippen molar-refractivity contribution in [3.8, 4) is 0 Å². The van der Waals surface area contributed by atoms with E-state index in [0.29, 0.717) is 22.9 Å². The topological polar surface area (TPSA) is 84.4 Å². The Morgan fingerprint density at radius 3 is 2.69 bits per heavy atom. The summed E-state index contributed by atoms with van der Waals surface area (Å²) in [6, 6.07) is 8.23. The fourth-order valence-corrected chi connectivity index (χ4v) is 2.41. The van der Waals surface area contributed by atoms with Crippen LogP contribution in [0, 0.1) is 6.92 Å². The zero-order valence-electron chi connectivity index (χ0n) is 15.6. The fourth-order valence-electron chi connectivity index (χ4n) is 2.41. The van der Waals surface area contributed by atoms with E-state index in [2.05, 4.69) is 22.2 Å². The number of carbonyl (C=O) groups is 2. The molecule has 0 aliphatic heterocycles. The third-order valence-electron chi connectivity index (χ3n) is 3.84. The van der Waals surface area contributed by atoms with Crippen LogP contribution >= 0.6 is 0 Å². The lowest BCUT2D eigenvalue weighted by atomic mass is 10.2. The molecule has 0 saturated carbocycles. The Bertz CT molecular complexity index is 792. The number of methoxy groups -OCH3 is 1. The SMILES string of the molecule is CCCCN(C)c1cc(C(=O)Nc2cccc(C(=O)OC)c2)nc(C)n1. The fraction of sp³-hybridized carbons (Fsp3) is 0.368. The number of benzene rings is 1. The number of amides is 1. The Morgan fingerprint density at radius 1 is 1.23 bits per heavy atom. The summed E-state index contributed by atoms with van der Waals surface area (Å²) in [7, 11) is 3.26. The van der Waals surface area contributed by atoms with Crippen LogP contribution in [0.15, 0.2) is 30.3 Å². The van der Waals surface area contributed by atoms with Crippen LogP contribution in [0.25, 0.3) is 0 Å². The van der Waals surface area contributed by atoms with E-state index in [4.69, 9.17) is 4.74 Å². The summed E-state index contributed by atoms with van der Waals surface area (Å²) in [5.74, 6) is 0.417. The van der Waals surface area contributed by atoms with E-state index in [1.165, 1.54) is 7.11 Å². The van der Waals surface area contributed by atoms with Gasteiger partial charge in [-0.3, -0.25) is 4.79 Å². The summed E-state index contributed by atoms with van der Waals surface area (Å²) < 4.78 is 4.69. The highest BCUT2D eigenvalue weighted by molar-refractivity contribution is 6.04. The number of ether oxygens (including phenoxy) is 1. The summed E-state index contributed by atoms with van der Waals surface area (Å²) in [6.07, 6.45) is 2.12. The molecule has 0 fully saturated rings. The first-order valence-electron chi connectivity index (χ1n) is 8.51. The first-order chi connectivity index (χ1) is 12.4. The van der Waals surface area contributed by atoms with E-state index in [1.807, 2.05) is 11.9 Å². The summed E-state index contributed by atoms with van der Waals surface area (Å²) in [5, 5.41) is 2.76. The molecule has 1 N–H and O–H groups in total. The van der Waals surface area contributed by atoms with Crippen LogP contribution in [0.2, 0.25) is 0 Å². The molecule has 0 atom stereocenters. The smallest absolute Gasteiger partial charge is 0.337 e. The molecule has 0 unspecified atom stereocenters. The number of unbranched alkanes of at least 4 members (excludes halogenated alkanes) is 1.